The molecular weight excluding hydrogens is 527 g/mol. The predicted octanol–water partition coefficient (Wildman–Crippen LogP) is 6.93. The monoisotopic (exact) mass is 572 g/mol. The number of aldehydes is 1. The number of anilines is 1. The highest BCUT2D eigenvalue weighted by Gasteiger charge is 2.44. The van der Waals surface area contributed by atoms with Crippen LogP contribution in [0.2, 0.25) is 0 Å². The first-order valence-electron chi connectivity index (χ1n) is 15.2. The van der Waals surface area contributed by atoms with E-state index in [1.165, 1.54) is 35.2 Å². The Balaban J connectivity index is 0.000000535. The van der Waals surface area contributed by atoms with E-state index >= 15 is 0 Å². The van der Waals surface area contributed by atoms with Gasteiger partial charge in [0, 0.05) is 37.2 Å². The Labute approximate surface area is 250 Å². The Kier molecular flexibility index (Phi) is 9.05. The number of carbonyl (C=O) groups excluding carboxylic acids is 1. The molecule has 2 fully saturated rings. The molecule has 3 aromatic carbocycles. The van der Waals surface area contributed by atoms with Crippen LogP contribution in [0.3, 0.4) is 0 Å². The first-order valence-corrected chi connectivity index (χ1v) is 15.2. The smallest absolute Gasteiger partial charge is 0.133 e. The fourth-order valence-corrected chi connectivity index (χ4v) is 6.76. The van der Waals surface area contributed by atoms with Crippen LogP contribution in [0.1, 0.15) is 74.1 Å². The third-order valence-electron chi connectivity index (χ3n) is 9.42. The summed E-state index contributed by atoms with van der Waals surface area (Å²) in [6.07, 6.45) is 5.21. The van der Waals surface area contributed by atoms with Crippen molar-refractivity contribution in [2.24, 2.45) is 5.41 Å². The Bertz CT molecular complexity index is 1330. The summed E-state index contributed by atoms with van der Waals surface area (Å²) in [6.45, 7) is 10.8. The van der Waals surface area contributed by atoms with Gasteiger partial charge in [0.15, 0.2) is 0 Å². The number of fused-ring (bicyclic) bond motifs is 1. The summed E-state index contributed by atoms with van der Waals surface area (Å²) < 4.78 is 18.6. The number of piperidine rings is 1. The van der Waals surface area contributed by atoms with Gasteiger partial charge in [-0.2, -0.15) is 0 Å². The maximum absolute atomic E-state index is 13.7. The maximum atomic E-state index is 13.7. The number of nitrogens with zero attached hydrogens (tertiary/aromatic N) is 2. The zero-order valence-electron chi connectivity index (χ0n) is 25.5. The molecule has 2 atom stereocenters. The van der Waals surface area contributed by atoms with Crippen LogP contribution in [0.25, 0.3) is 0 Å². The van der Waals surface area contributed by atoms with Crippen molar-refractivity contribution in [2.75, 3.05) is 44.7 Å². The van der Waals surface area contributed by atoms with E-state index in [0.717, 1.165) is 50.9 Å². The number of methoxy groups -OCH3 is 1. The highest BCUT2D eigenvalue weighted by Crippen LogP contribution is 2.48. The zero-order chi connectivity index (χ0) is 29.9. The quantitative estimate of drug-likeness (QED) is 0.336. The largest absolute Gasteiger partial charge is 0.508 e. The number of hydrogen-bond donors (Lipinski definition) is 1. The first kappa shape index (κ1) is 30.2. The van der Waals surface area contributed by atoms with Crippen molar-refractivity contribution in [1.82, 2.24) is 4.90 Å². The minimum absolute atomic E-state index is 0.0417. The van der Waals surface area contributed by atoms with Crippen LogP contribution >= 0.6 is 0 Å². The van der Waals surface area contributed by atoms with Crippen LogP contribution < -0.4 is 4.90 Å². The van der Waals surface area contributed by atoms with E-state index in [1.54, 1.807) is 25.3 Å². The van der Waals surface area contributed by atoms with Gasteiger partial charge in [0.05, 0.1) is 12.1 Å². The lowest BCUT2D eigenvalue weighted by Crippen LogP contribution is -2.60. The normalized spacial score (nSPS) is 21.6. The van der Waals surface area contributed by atoms with Gasteiger partial charge in [-0.25, -0.2) is 4.39 Å². The van der Waals surface area contributed by atoms with Gasteiger partial charge in [-0.3, -0.25) is 4.90 Å². The molecule has 3 aromatic rings. The summed E-state index contributed by atoms with van der Waals surface area (Å²) in [5.74, 6) is 0.533. The van der Waals surface area contributed by atoms with Crippen molar-refractivity contribution in [3.63, 3.8) is 0 Å². The molecule has 0 radical (unpaired) electrons. The number of carbonyl (C=O) groups is 1. The molecule has 42 heavy (non-hydrogen) atoms. The van der Waals surface area contributed by atoms with E-state index in [1.807, 2.05) is 39.0 Å². The number of hydrogen-bond acceptors (Lipinski definition) is 5. The van der Waals surface area contributed by atoms with Crippen LogP contribution in [-0.2, 0) is 16.0 Å². The number of aromatic hydroxyl groups is 1. The molecular formula is C36H45FN2O3. The molecule has 6 heteroatoms. The number of benzene rings is 3. The van der Waals surface area contributed by atoms with Crippen molar-refractivity contribution < 1.29 is 19.0 Å². The lowest BCUT2D eigenvalue weighted by atomic mass is 9.69. The minimum Gasteiger partial charge on any atom is -0.508 e. The van der Waals surface area contributed by atoms with Crippen LogP contribution in [-0.4, -0.2) is 61.7 Å². The number of phenols is 1. The van der Waals surface area contributed by atoms with Gasteiger partial charge < -0.3 is 19.5 Å². The lowest BCUT2D eigenvalue weighted by Gasteiger charge is -2.55. The molecule has 5 nitrogen and oxygen atoms in total. The fraction of sp³-hybridized carbons (Fsp3) is 0.472. The highest BCUT2D eigenvalue weighted by molar-refractivity contribution is 5.55. The van der Waals surface area contributed by atoms with Crippen molar-refractivity contribution in [1.29, 1.82) is 0 Å². The molecule has 0 bridgehead atoms. The second-order valence-corrected chi connectivity index (χ2v) is 13.3. The highest BCUT2D eigenvalue weighted by atomic mass is 19.1. The molecule has 1 spiro atoms. The molecule has 0 aromatic heterocycles. The Morgan fingerprint density at radius 1 is 0.976 bits per heavy atom. The lowest BCUT2D eigenvalue weighted by molar-refractivity contribution is -0.109. The predicted molar refractivity (Wildman–Crippen MR) is 167 cm³/mol. The molecule has 2 unspecified atom stereocenters. The standard InChI is InChI=1S/C31H33FN2O2.C5H12O/c32-25-6-1-22(2-7-25)28-11-5-24-19-27(36)10-12-29(24)30(28)23-3-8-26(9-4-23)34-20-31(21-34)13-15-33(16-14-31)17-18-35;1-5(2,3)6-4/h1-4,6-10,12,18-19,28,30,36H,5,11,13-17,20-21H2;1-4H3. The molecule has 2 saturated heterocycles. The molecule has 2 heterocycles. The van der Waals surface area contributed by atoms with Gasteiger partial charge >= 0.3 is 0 Å². The van der Waals surface area contributed by atoms with Gasteiger partial charge in [0.1, 0.15) is 17.9 Å². The second-order valence-electron chi connectivity index (χ2n) is 13.3. The summed E-state index contributed by atoms with van der Waals surface area (Å²) in [4.78, 5) is 15.6. The number of phenolic OH excluding ortho intramolecular Hbond substituents is 1. The van der Waals surface area contributed by atoms with E-state index < -0.39 is 0 Å². The second kappa shape index (κ2) is 12.6. The van der Waals surface area contributed by atoms with Crippen LogP contribution in [0.5, 0.6) is 5.75 Å². The van der Waals surface area contributed by atoms with Gasteiger partial charge in [0.25, 0.3) is 0 Å². The van der Waals surface area contributed by atoms with E-state index in [0.29, 0.717) is 17.7 Å². The number of likely N-dealkylation sites (tertiary alicyclic amines) is 1. The Hall–Kier alpha value is -3.22. The summed E-state index contributed by atoms with van der Waals surface area (Å²) in [5, 5.41) is 10.1. The molecule has 0 amide bonds. The zero-order valence-corrected chi connectivity index (χ0v) is 25.5. The number of ether oxygens (including phenoxy) is 1. The topological polar surface area (TPSA) is 53.0 Å². The van der Waals surface area contributed by atoms with Crippen molar-refractivity contribution in [2.45, 2.75) is 63.9 Å². The summed E-state index contributed by atoms with van der Waals surface area (Å²) in [6, 6.07) is 21.7. The van der Waals surface area contributed by atoms with Crippen LogP contribution in [0.15, 0.2) is 66.7 Å². The van der Waals surface area contributed by atoms with E-state index in [2.05, 4.69) is 40.1 Å². The fourth-order valence-electron chi connectivity index (χ4n) is 6.76. The van der Waals surface area contributed by atoms with Crippen molar-refractivity contribution in [3.8, 4) is 5.75 Å². The van der Waals surface area contributed by atoms with Crippen LogP contribution in [0, 0.1) is 11.2 Å². The number of aryl methyl sites for hydroxylation is 1. The minimum atomic E-state index is -0.206. The first-order chi connectivity index (χ1) is 20.1. The summed E-state index contributed by atoms with van der Waals surface area (Å²) in [5.41, 5.74) is 6.58. The van der Waals surface area contributed by atoms with Gasteiger partial charge in [-0.15, -0.1) is 0 Å². The van der Waals surface area contributed by atoms with Gasteiger partial charge in [0.2, 0.25) is 0 Å². The molecule has 2 aliphatic heterocycles. The summed E-state index contributed by atoms with van der Waals surface area (Å²) >= 11 is 0. The van der Waals surface area contributed by atoms with Crippen molar-refractivity contribution in [3.05, 3.63) is 94.8 Å². The van der Waals surface area contributed by atoms with Gasteiger partial charge in [-0.1, -0.05) is 30.3 Å². The molecule has 1 N–H and O–H groups in total. The van der Waals surface area contributed by atoms with E-state index in [4.69, 9.17) is 4.74 Å². The number of halogens is 1. The Morgan fingerprint density at radius 3 is 2.19 bits per heavy atom. The molecule has 1 aliphatic carbocycles. The third kappa shape index (κ3) is 6.87. The third-order valence-corrected chi connectivity index (χ3v) is 9.42. The van der Waals surface area contributed by atoms with Gasteiger partial charge in [-0.05, 0) is 124 Å². The molecule has 0 saturated carbocycles. The number of rotatable bonds is 5. The van der Waals surface area contributed by atoms with E-state index in [-0.39, 0.29) is 23.3 Å². The maximum Gasteiger partial charge on any atom is 0.133 e. The SMILES string of the molecule is COC(C)(C)C.O=CCN1CCC2(CC1)CN(c1ccc(C3c4ccc(O)cc4CCC3c3ccc(F)cc3)cc1)C2. The van der Waals surface area contributed by atoms with Crippen molar-refractivity contribution >= 4 is 12.0 Å². The average molecular weight is 573 g/mol. The summed E-state index contributed by atoms with van der Waals surface area (Å²) in [7, 11) is 1.71. The Morgan fingerprint density at radius 2 is 1.60 bits per heavy atom. The molecule has 224 valence electrons. The molecule has 3 aliphatic rings. The molecule has 6 rings (SSSR count). The van der Waals surface area contributed by atoms with E-state index in [9.17, 15) is 14.3 Å². The van der Waals surface area contributed by atoms with Crippen LogP contribution in [0.4, 0.5) is 10.1 Å². The average Bonchev–Trinajstić information content (AvgIpc) is 2.96.